The molecule has 21 heavy (non-hydrogen) atoms. The Morgan fingerprint density at radius 1 is 1.05 bits per heavy atom. The van der Waals surface area contributed by atoms with Crippen molar-refractivity contribution in [1.82, 2.24) is 0 Å². The molecule has 3 N–H and O–H groups in total. The number of sulfonamides is 1. The van der Waals surface area contributed by atoms with Gasteiger partial charge >= 0.3 is 0 Å². The van der Waals surface area contributed by atoms with E-state index in [2.05, 4.69) is 4.72 Å². The molecule has 0 saturated carbocycles. The van der Waals surface area contributed by atoms with Gasteiger partial charge in [-0.2, -0.15) is 0 Å². The Hall–Kier alpha value is -1.21. The summed E-state index contributed by atoms with van der Waals surface area (Å²) < 4.78 is 40.3. The number of halogens is 4. The molecule has 112 valence electrons. The molecule has 0 fully saturated rings. The Morgan fingerprint density at radius 2 is 1.71 bits per heavy atom. The van der Waals surface area contributed by atoms with Gasteiger partial charge in [-0.25, -0.2) is 12.8 Å². The molecule has 2 aromatic rings. The van der Waals surface area contributed by atoms with Crippen LogP contribution in [0, 0.1) is 5.82 Å². The van der Waals surface area contributed by atoms with Gasteiger partial charge in [0.1, 0.15) is 4.90 Å². The fourth-order valence-electron chi connectivity index (χ4n) is 1.53. The molecule has 0 aromatic heterocycles. The highest BCUT2D eigenvalue weighted by Crippen LogP contribution is 2.32. The standard InChI is InChI=1S/C12H8Cl3FN2O2S/c13-7-2-4-10(11(15)12(7)16)21(19,20)18-9-3-1-6(17)5-8(9)14/h1-5,18H,17H2. The highest BCUT2D eigenvalue weighted by atomic mass is 35.5. The van der Waals surface area contributed by atoms with Crippen LogP contribution in [0.15, 0.2) is 35.2 Å². The average Bonchev–Trinajstić information content (AvgIpc) is 2.39. The predicted octanol–water partition coefficient (Wildman–Crippen LogP) is 4.17. The number of nitrogen functional groups attached to an aromatic ring is 1. The first-order valence-electron chi connectivity index (χ1n) is 5.43. The zero-order valence-electron chi connectivity index (χ0n) is 10.2. The van der Waals surface area contributed by atoms with Crippen LogP contribution >= 0.6 is 34.8 Å². The van der Waals surface area contributed by atoms with Gasteiger partial charge in [0.25, 0.3) is 10.0 Å². The van der Waals surface area contributed by atoms with Crippen molar-refractivity contribution in [2.75, 3.05) is 10.5 Å². The number of nitrogens with two attached hydrogens (primary N) is 1. The van der Waals surface area contributed by atoms with Crippen molar-refractivity contribution in [3.63, 3.8) is 0 Å². The Kier molecular flexibility index (Phi) is 4.53. The maximum absolute atomic E-state index is 13.6. The second kappa shape index (κ2) is 5.88. The second-order valence-electron chi connectivity index (χ2n) is 4.02. The minimum Gasteiger partial charge on any atom is -0.399 e. The van der Waals surface area contributed by atoms with E-state index in [0.717, 1.165) is 12.1 Å². The van der Waals surface area contributed by atoms with Crippen LogP contribution in [0.1, 0.15) is 0 Å². The first kappa shape index (κ1) is 16.2. The lowest BCUT2D eigenvalue weighted by atomic mass is 10.3. The monoisotopic (exact) mass is 368 g/mol. The van der Waals surface area contributed by atoms with E-state index in [1.54, 1.807) is 0 Å². The van der Waals surface area contributed by atoms with Crippen molar-refractivity contribution in [3.8, 4) is 0 Å². The van der Waals surface area contributed by atoms with Crippen molar-refractivity contribution in [3.05, 3.63) is 51.2 Å². The maximum atomic E-state index is 13.6. The average molecular weight is 370 g/mol. The van der Waals surface area contributed by atoms with Gasteiger partial charge in [-0.05, 0) is 30.3 Å². The molecule has 0 aliphatic heterocycles. The van der Waals surface area contributed by atoms with Crippen LogP contribution in [0.3, 0.4) is 0 Å². The number of rotatable bonds is 3. The summed E-state index contributed by atoms with van der Waals surface area (Å²) in [5.74, 6) is -1.01. The van der Waals surface area contributed by atoms with Crippen LogP contribution in [-0.2, 0) is 10.0 Å². The maximum Gasteiger partial charge on any atom is 0.263 e. The molecule has 0 amide bonds. The fourth-order valence-corrected chi connectivity index (χ4v) is 3.65. The first-order chi connectivity index (χ1) is 9.72. The van der Waals surface area contributed by atoms with Gasteiger partial charge in [0.15, 0.2) is 5.82 Å². The second-order valence-corrected chi connectivity index (χ2v) is 6.86. The van der Waals surface area contributed by atoms with E-state index in [1.807, 2.05) is 0 Å². The van der Waals surface area contributed by atoms with Gasteiger partial charge in [0.2, 0.25) is 0 Å². The molecule has 0 aliphatic rings. The van der Waals surface area contributed by atoms with Gasteiger partial charge in [-0.1, -0.05) is 34.8 Å². The van der Waals surface area contributed by atoms with Gasteiger partial charge in [0.05, 0.1) is 20.8 Å². The molecule has 2 aromatic carbocycles. The topological polar surface area (TPSA) is 72.2 Å². The van der Waals surface area contributed by atoms with Crippen molar-refractivity contribution in [2.24, 2.45) is 0 Å². The smallest absolute Gasteiger partial charge is 0.263 e. The molecule has 0 aliphatic carbocycles. The summed E-state index contributed by atoms with van der Waals surface area (Å²) in [5, 5.41) is -0.768. The minimum atomic E-state index is -4.12. The number of hydrogen-bond acceptors (Lipinski definition) is 3. The summed E-state index contributed by atoms with van der Waals surface area (Å²) >= 11 is 17.1. The van der Waals surface area contributed by atoms with Crippen molar-refractivity contribution in [2.45, 2.75) is 4.90 Å². The summed E-state index contributed by atoms with van der Waals surface area (Å²) in [6, 6.07) is 6.43. The minimum absolute atomic E-state index is 0.0947. The molecular weight excluding hydrogens is 362 g/mol. The van der Waals surface area contributed by atoms with Crippen LogP contribution < -0.4 is 10.5 Å². The van der Waals surface area contributed by atoms with Crippen molar-refractivity contribution >= 4 is 56.2 Å². The third kappa shape index (κ3) is 3.35. The number of anilines is 2. The molecule has 0 saturated heterocycles. The van der Waals surface area contributed by atoms with Crippen LogP contribution in [-0.4, -0.2) is 8.42 Å². The van der Waals surface area contributed by atoms with E-state index in [0.29, 0.717) is 5.69 Å². The van der Waals surface area contributed by atoms with Crippen molar-refractivity contribution in [1.29, 1.82) is 0 Å². The Balaban J connectivity index is 2.46. The molecule has 0 radical (unpaired) electrons. The highest BCUT2D eigenvalue weighted by molar-refractivity contribution is 7.92. The predicted molar refractivity (Wildman–Crippen MR) is 83.1 cm³/mol. The largest absolute Gasteiger partial charge is 0.399 e. The summed E-state index contributed by atoms with van der Waals surface area (Å²) in [7, 11) is -4.12. The third-order valence-corrected chi connectivity index (χ3v) is 5.02. The molecule has 0 unspecified atom stereocenters. The number of benzene rings is 2. The molecule has 4 nitrogen and oxygen atoms in total. The lowest BCUT2D eigenvalue weighted by Gasteiger charge is -2.12. The molecule has 9 heteroatoms. The SMILES string of the molecule is Nc1ccc(NS(=O)(=O)c2ccc(Cl)c(F)c2Cl)c(Cl)c1. The Morgan fingerprint density at radius 3 is 2.33 bits per heavy atom. The van der Waals surface area contributed by atoms with E-state index in [9.17, 15) is 12.8 Å². The molecule has 0 heterocycles. The Labute approximate surface area is 135 Å². The molecule has 0 spiro atoms. The third-order valence-electron chi connectivity index (χ3n) is 2.53. The van der Waals surface area contributed by atoms with Crippen LogP contribution in [0.5, 0.6) is 0 Å². The molecular formula is C12H8Cl3FN2O2S. The van der Waals surface area contributed by atoms with Crippen LogP contribution in [0.25, 0.3) is 0 Å². The summed E-state index contributed by atoms with van der Waals surface area (Å²) in [6.45, 7) is 0. The molecule has 0 bridgehead atoms. The van der Waals surface area contributed by atoms with Gasteiger partial charge < -0.3 is 5.73 Å². The summed E-state index contributed by atoms with van der Waals surface area (Å²) in [4.78, 5) is -0.445. The van der Waals surface area contributed by atoms with Crippen LogP contribution in [0.4, 0.5) is 15.8 Å². The fraction of sp³-hybridized carbons (Fsp3) is 0. The summed E-state index contributed by atoms with van der Waals surface area (Å²) in [6.07, 6.45) is 0. The van der Waals surface area contributed by atoms with Crippen molar-refractivity contribution < 1.29 is 12.8 Å². The quantitative estimate of drug-likeness (QED) is 0.630. The molecule has 2 rings (SSSR count). The lowest BCUT2D eigenvalue weighted by Crippen LogP contribution is -2.14. The first-order valence-corrected chi connectivity index (χ1v) is 8.05. The normalized spacial score (nSPS) is 11.4. The zero-order valence-corrected chi connectivity index (χ0v) is 13.3. The van der Waals surface area contributed by atoms with Gasteiger partial charge in [-0.3, -0.25) is 4.72 Å². The highest BCUT2D eigenvalue weighted by Gasteiger charge is 2.22. The Bertz CT molecular complexity index is 812. The summed E-state index contributed by atoms with van der Waals surface area (Å²) in [5.41, 5.74) is 5.98. The molecule has 0 atom stereocenters. The van der Waals surface area contributed by atoms with Gasteiger partial charge in [-0.15, -0.1) is 0 Å². The van der Waals surface area contributed by atoms with E-state index in [4.69, 9.17) is 40.5 Å². The number of nitrogens with one attached hydrogen (secondary N) is 1. The van der Waals surface area contributed by atoms with E-state index < -0.39 is 25.8 Å². The van der Waals surface area contributed by atoms with Gasteiger partial charge in [0, 0.05) is 5.69 Å². The lowest BCUT2D eigenvalue weighted by molar-refractivity contribution is 0.595. The van der Waals surface area contributed by atoms with Crippen LogP contribution in [0.2, 0.25) is 15.1 Å². The van der Waals surface area contributed by atoms with E-state index >= 15 is 0 Å². The van der Waals surface area contributed by atoms with E-state index in [1.165, 1.54) is 18.2 Å². The number of hydrogen-bond donors (Lipinski definition) is 2. The zero-order chi connectivity index (χ0) is 15.8. The van der Waals surface area contributed by atoms with E-state index in [-0.39, 0.29) is 15.7 Å².